The van der Waals surface area contributed by atoms with E-state index in [1.54, 1.807) is 17.5 Å². The average molecular weight is 231 g/mol. The molecule has 0 amide bonds. The number of benzene rings is 1. The molecular formula is C10H9N5S. The molecule has 0 aliphatic heterocycles. The van der Waals surface area contributed by atoms with E-state index in [4.69, 9.17) is 11.0 Å². The number of aromatic nitrogens is 1. The van der Waals surface area contributed by atoms with Crippen LogP contribution in [0.5, 0.6) is 0 Å². The number of nitriles is 1. The summed E-state index contributed by atoms with van der Waals surface area (Å²) in [6.07, 6.45) is 1.71. The van der Waals surface area contributed by atoms with Gasteiger partial charge in [-0.3, -0.25) is 5.32 Å². The van der Waals surface area contributed by atoms with Crippen LogP contribution in [0.25, 0.3) is 10.2 Å². The van der Waals surface area contributed by atoms with Gasteiger partial charge in [-0.25, -0.2) is 9.98 Å². The molecule has 5 nitrogen and oxygen atoms in total. The number of rotatable bonds is 1. The van der Waals surface area contributed by atoms with Crippen molar-refractivity contribution >= 4 is 33.2 Å². The first-order chi connectivity index (χ1) is 7.69. The molecule has 1 heterocycles. The van der Waals surface area contributed by atoms with Gasteiger partial charge in [0.1, 0.15) is 0 Å². The van der Waals surface area contributed by atoms with Crippen molar-refractivity contribution in [2.45, 2.75) is 6.92 Å². The van der Waals surface area contributed by atoms with Crippen LogP contribution in [0.4, 0.5) is 5.69 Å². The zero-order valence-electron chi connectivity index (χ0n) is 8.56. The topological polar surface area (TPSA) is 87.1 Å². The van der Waals surface area contributed by atoms with E-state index < -0.39 is 0 Å². The van der Waals surface area contributed by atoms with Crippen LogP contribution in [0.2, 0.25) is 0 Å². The molecule has 2 rings (SSSR count). The average Bonchev–Trinajstić information content (AvgIpc) is 2.57. The number of thiazole rings is 1. The van der Waals surface area contributed by atoms with E-state index in [1.807, 2.05) is 25.1 Å². The number of nitrogens with zero attached hydrogens (tertiary/aromatic N) is 3. The minimum absolute atomic E-state index is 0.0776. The number of fused-ring (bicyclic) bond motifs is 1. The largest absolute Gasteiger partial charge is 0.369 e. The van der Waals surface area contributed by atoms with E-state index in [0.29, 0.717) is 5.69 Å². The molecule has 0 saturated carbocycles. The highest BCUT2D eigenvalue weighted by Gasteiger charge is 2.01. The lowest BCUT2D eigenvalue weighted by molar-refractivity contribution is 1.22. The molecule has 2 aromatic rings. The highest BCUT2D eigenvalue weighted by atomic mass is 32.1. The van der Waals surface area contributed by atoms with Gasteiger partial charge in [-0.15, -0.1) is 11.3 Å². The van der Waals surface area contributed by atoms with Gasteiger partial charge in [0.25, 0.3) is 0 Å². The lowest BCUT2D eigenvalue weighted by atomic mass is 10.3. The summed E-state index contributed by atoms with van der Waals surface area (Å²) in [4.78, 5) is 8.38. The third-order valence-electron chi connectivity index (χ3n) is 1.91. The lowest BCUT2D eigenvalue weighted by Crippen LogP contribution is -2.26. The highest BCUT2D eigenvalue weighted by molar-refractivity contribution is 7.18. The van der Waals surface area contributed by atoms with Crippen molar-refractivity contribution in [2.75, 3.05) is 0 Å². The van der Waals surface area contributed by atoms with Crippen molar-refractivity contribution in [3.8, 4) is 6.19 Å². The molecule has 1 aromatic heterocycles. The van der Waals surface area contributed by atoms with E-state index in [9.17, 15) is 0 Å². The van der Waals surface area contributed by atoms with Crippen molar-refractivity contribution in [3.05, 3.63) is 23.2 Å². The molecule has 0 spiro atoms. The minimum atomic E-state index is 0.0776. The molecule has 1 aromatic carbocycles. The third-order valence-corrected chi connectivity index (χ3v) is 2.86. The van der Waals surface area contributed by atoms with Gasteiger partial charge in [0, 0.05) is 0 Å². The van der Waals surface area contributed by atoms with E-state index in [0.717, 1.165) is 15.2 Å². The maximum absolute atomic E-state index is 8.36. The van der Waals surface area contributed by atoms with Crippen molar-refractivity contribution < 1.29 is 0 Å². The Labute approximate surface area is 96.2 Å². The zero-order valence-corrected chi connectivity index (χ0v) is 9.38. The maximum Gasteiger partial charge on any atom is 0.207 e. The second-order valence-electron chi connectivity index (χ2n) is 3.12. The second-order valence-corrected chi connectivity index (χ2v) is 4.35. The molecule has 6 heteroatoms. The maximum atomic E-state index is 8.36. The fourth-order valence-electron chi connectivity index (χ4n) is 1.32. The van der Waals surface area contributed by atoms with E-state index in [2.05, 4.69) is 15.3 Å². The Morgan fingerprint density at radius 3 is 3.19 bits per heavy atom. The Morgan fingerprint density at radius 2 is 2.44 bits per heavy atom. The number of guanidine groups is 1. The molecule has 0 fully saturated rings. The summed E-state index contributed by atoms with van der Waals surface area (Å²) in [5.74, 6) is 0.0776. The van der Waals surface area contributed by atoms with Crippen molar-refractivity contribution in [1.82, 2.24) is 10.3 Å². The fraction of sp³-hybridized carbons (Fsp3) is 0.100. The van der Waals surface area contributed by atoms with Crippen LogP contribution < -0.4 is 11.1 Å². The standard InChI is InChI=1S/C10H9N5S/c1-6-14-8-4-7(2-3-9(8)16-6)15-10(12)13-5-11/h2-4H,1H3,(H3,12,13,15). The molecule has 80 valence electrons. The molecule has 0 aliphatic carbocycles. The molecule has 0 unspecified atom stereocenters. The highest BCUT2D eigenvalue weighted by Crippen LogP contribution is 2.25. The molecular weight excluding hydrogens is 222 g/mol. The van der Waals surface area contributed by atoms with Gasteiger partial charge >= 0.3 is 0 Å². The van der Waals surface area contributed by atoms with Crippen LogP contribution in [0, 0.1) is 18.4 Å². The SMILES string of the molecule is Cc1nc2cc(N=C(N)NC#N)ccc2s1. The Morgan fingerprint density at radius 1 is 1.62 bits per heavy atom. The molecule has 0 aliphatic rings. The van der Waals surface area contributed by atoms with Crippen molar-refractivity contribution in [1.29, 1.82) is 5.26 Å². The Hall–Kier alpha value is -2.13. The molecule has 0 atom stereocenters. The quantitative estimate of drug-likeness (QED) is 0.338. The number of nitrogens with one attached hydrogen (secondary N) is 1. The summed E-state index contributed by atoms with van der Waals surface area (Å²) in [6, 6.07) is 5.62. The second kappa shape index (κ2) is 4.16. The third kappa shape index (κ3) is 2.10. The predicted molar refractivity (Wildman–Crippen MR) is 64.4 cm³/mol. The fourth-order valence-corrected chi connectivity index (χ4v) is 2.13. The van der Waals surface area contributed by atoms with E-state index in [1.165, 1.54) is 0 Å². The summed E-state index contributed by atoms with van der Waals surface area (Å²) in [5.41, 5.74) is 7.04. The summed E-state index contributed by atoms with van der Waals surface area (Å²) in [5, 5.41) is 11.6. The van der Waals surface area contributed by atoms with E-state index in [-0.39, 0.29) is 5.96 Å². The van der Waals surface area contributed by atoms with Crippen LogP contribution in [-0.2, 0) is 0 Å². The molecule has 0 radical (unpaired) electrons. The van der Waals surface area contributed by atoms with Gasteiger partial charge < -0.3 is 5.73 Å². The monoisotopic (exact) mass is 231 g/mol. The van der Waals surface area contributed by atoms with Gasteiger partial charge in [0.05, 0.1) is 20.9 Å². The van der Waals surface area contributed by atoms with Gasteiger partial charge in [-0.05, 0) is 25.1 Å². The summed E-state index contributed by atoms with van der Waals surface area (Å²) in [7, 11) is 0. The summed E-state index contributed by atoms with van der Waals surface area (Å²) in [6.45, 7) is 1.96. The molecule has 16 heavy (non-hydrogen) atoms. The first-order valence-electron chi connectivity index (χ1n) is 4.55. The zero-order chi connectivity index (χ0) is 11.5. The number of hydrogen-bond donors (Lipinski definition) is 2. The normalized spacial score (nSPS) is 11.4. The van der Waals surface area contributed by atoms with Gasteiger partial charge in [-0.1, -0.05) is 0 Å². The van der Waals surface area contributed by atoms with Crippen LogP contribution in [0.3, 0.4) is 0 Å². The van der Waals surface area contributed by atoms with Crippen molar-refractivity contribution in [2.24, 2.45) is 10.7 Å². The van der Waals surface area contributed by atoms with Gasteiger partial charge in [0.2, 0.25) is 5.96 Å². The smallest absolute Gasteiger partial charge is 0.207 e. The lowest BCUT2D eigenvalue weighted by Gasteiger charge is -1.96. The van der Waals surface area contributed by atoms with Crippen LogP contribution in [0.1, 0.15) is 5.01 Å². The van der Waals surface area contributed by atoms with Crippen LogP contribution in [-0.4, -0.2) is 10.9 Å². The summed E-state index contributed by atoms with van der Waals surface area (Å²) < 4.78 is 1.11. The molecule has 0 saturated heterocycles. The number of aryl methyl sites for hydroxylation is 1. The van der Waals surface area contributed by atoms with E-state index >= 15 is 0 Å². The Kier molecular flexibility index (Phi) is 2.70. The Bertz CT molecular complexity index is 593. The summed E-state index contributed by atoms with van der Waals surface area (Å²) >= 11 is 1.63. The number of aliphatic imine (C=N–C) groups is 1. The molecule has 3 N–H and O–H groups in total. The van der Waals surface area contributed by atoms with Crippen molar-refractivity contribution in [3.63, 3.8) is 0 Å². The van der Waals surface area contributed by atoms with Crippen LogP contribution in [0.15, 0.2) is 23.2 Å². The Balaban J connectivity index is 2.40. The van der Waals surface area contributed by atoms with Crippen LogP contribution >= 0.6 is 11.3 Å². The molecule has 0 bridgehead atoms. The van der Waals surface area contributed by atoms with Gasteiger partial charge in [-0.2, -0.15) is 5.26 Å². The number of hydrogen-bond acceptors (Lipinski definition) is 4. The first kappa shape index (κ1) is 10.4. The predicted octanol–water partition coefficient (Wildman–Crippen LogP) is 1.62. The number of nitrogens with two attached hydrogens (primary N) is 1. The first-order valence-corrected chi connectivity index (χ1v) is 5.37. The van der Waals surface area contributed by atoms with Gasteiger partial charge in [0.15, 0.2) is 6.19 Å². The minimum Gasteiger partial charge on any atom is -0.369 e.